The lowest BCUT2D eigenvalue weighted by Crippen LogP contribution is -2.27. The highest BCUT2D eigenvalue weighted by molar-refractivity contribution is 6.19. The minimum atomic E-state index is -0.144. The molecular weight excluding hydrogens is 657 g/mol. The maximum atomic E-state index is 6.65. The lowest BCUT2D eigenvalue weighted by Gasteiger charge is -2.37. The fourth-order valence-corrected chi connectivity index (χ4v) is 9.77. The Labute approximate surface area is 315 Å². The Morgan fingerprint density at radius 2 is 0.944 bits per heavy atom. The molecule has 1 atom stereocenters. The zero-order chi connectivity index (χ0) is 35.6. The smallest absolute Gasteiger partial charge is 0.137 e. The predicted molar refractivity (Wildman–Crippen MR) is 224 cm³/mol. The molecule has 1 aromatic heterocycles. The normalized spacial score (nSPS) is 15.9. The molecule has 3 nitrogen and oxygen atoms in total. The van der Waals surface area contributed by atoms with Crippen molar-refractivity contribution >= 4 is 66.8 Å². The number of furan rings is 1. The quantitative estimate of drug-likeness (QED) is 0.173. The van der Waals surface area contributed by atoms with E-state index in [9.17, 15) is 0 Å². The Morgan fingerprint density at radius 3 is 1.54 bits per heavy atom. The van der Waals surface area contributed by atoms with Gasteiger partial charge in [0.1, 0.15) is 11.2 Å². The van der Waals surface area contributed by atoms with Gasteiger partial charge in [-0.2, -0.15) is 0 Å². The number of benzene rings is 8. The molecule has 3 heteroatoms. The van der Waals surface area contributed by atoms with Crippen LogP contribution in [0.3, 0.4) is 0 Å². The van der Waals surface area contributed by atoms with Gasteiger partial charge in [-0.05, 0) is 125 Å². The summed E-state index contributed by atoms with van der Waals surface area (Å²) in [6.45, 7) is 0. The number of aryl methyl sites for hydroxylation is 2. The fraction of sp³-hybridized carbons (Fsp3) is 0.0980. The van der Waals surface area contributed by atoms with Crippen LogP contribution in [0, 0.1) is 0 Å². The number of rotatable bonds is 6. The third kappa shape index (κ3) is 4.68. The van der Waals surface area contributed by atoms with E-state index in [2.05, 4.69) is 192 Å². The van der Waals surface area contributed by atoms with Crippen LogP contribution in [-0.4, -0.2) is 0 Å². The minimum Gasteiger partial charge on any atom is -0.456 e. The second-order valence-corrected chi connectivity index (χ2v) is 14.8. The molecule has 0 saturated heterocycles. The zero-order valence-electron chi connectivity index (χ0n) is 30.0. The molecule has 8 aromatic carbocycles. The summed E-state index contributed by atoms with van der Waals surface area (Å²) in [5.74, 6) is 0. The predicted octanol–water partition coefficient (Wildman–Crippen LogP) is 13.9. The molecule has 0 fully saturated rings. The summed E-state index contributed by atoms with van der Waals surface area (Å²) in [6, 6.07) is 66.2. The molecule has 0 unspecified atom stereocenters. The largest absolute Gasteiger partial charge is 0.456 e. The summed E-state index contributed by atoms with van der Waals surface area (Å²) in [6.07, 6.45) is 4.27. The van der Waals surface area contributed by atoms with Crippen molar-refractivity contribution in [1.82, 2.24) is 0 Å². The lowest BCUT2D eigenvalue weighted by atomic mass is 9.74. The standard InChI is InChI=1S/C51H38N2O/c1-4-17-38(18-5-1)52(39-19-6-2-7-20-39)44-24-12-15-36-30-32-51(49(36)44)33-31-37-16-13-25-45(50(37)51)53(40-21-8-3-9-22-40)41-27-28-43-47(34-41)54-46-29-26-35-14-10-11-23-42(35)48(43)46/h1-29,34H,30-33H2/t51-/m1/s1. The van der Waals surface area contributed by atoms with E-state index >= 15 is 0 Å². The van der Waals surface area contributed by atoms with Crippen LogP contribution in [0.4, 0.5) is 34.1 Å². The fourth-order valence-electron chi connectivity index (χ4n) is 9.77. The monoisotopic (exact) mass is 694 g/mol. The van der Waals surface area contributed by atoms with Gasteiger partial charge in [0.25, 0.3) is 0 Å². The van der Waals surface area contributed by atoms with Gasteiger partial charge < -0.3 is 14.2 Å². The van der Waals surface area contributed by atoms with Crippen molar-refractivity contribution in [3.8, 4) is 0 Å². The van der Waals surface area contributed by atoms with Gasteiger partial charge in [0.05, 0.1) is 11.4 Å². The van der Waals surface area contributed by atoms with Crippen LogP contribution in [0.5, 0.6) is 0 Å². The summed E-state index contributed by atoms with van der Waals surface area (Å²) in [4.78, 5) is 4.95. The third-order valence-corrected chi connectivity index (χ3v) is 12.0. The molecule has 0 N–H and O–H groups in total. The zero-order valence-corrected chi connectivity index (χ0v) is 30.0. The Hall–Kier alpha value is -6.58. The first-order chi connectivity index (χ1) is 26.8. The molecule has 2 aliphatic rings. The Kier molecular flexibility index (Phi) is 7.03. The highest BCUT2D eigenvalue weighted by Gasteiger charge is 2.49. The number of hydrogen-bond donors (Lipinski definition) is 0. The van der Waals surface area contributed by atoms with E-state index in [1.165, 1.54) is 61.2 Å². The summed E-state index contributed by atoms with van der Waals surface area (Å²) in [7, 11) is 0. The molecule has 0 bridgehead atoms. The molecule has 9 aromatic rings. The van der Waals surface area contributed by atoms with E-state index in [4.69, 9.17) is 4.42 Å². The lowest BCUT2D eigenvalue weighted by molar-refractivity contribution is 0.508. The van der Waals surface area contributed by atoms with Crippen molar-refractivity contribution in [1.29, 1.82) is 0 Å². The second kappa shape index (κ2) is 12.2. The first kappa shape index (κ1) is 31.0. The summed E-state index contributed by atoms with van der Waals surface area (Å²) in [5, 5.41) is 4.77. The highest BCUT2D eigenvalue weighted by atomic mass is 16.3. The van der Waals surface area contributed by atoms with Crippen LogP contribution < -0.4 is 9.80 Å². The van der Waals surface area contributed by atoms with Crippen molar-refractivity contribution < 1.29 is 4.42 Å². The molecular formula is C51H38N2O. The number of para-hydroxylation sites is 3. The molecule has 1 heterocycles. The topological polar surface area (TPSA) is 19.6 Å². The van der Waals surface area contributed by atoms with E-state index in [0.717, 1.165) is 53.6 Å². The first-order valence-electron chi connectivity index (χ1n) is 19.1. The van der Waals surface area contributed by atoms with Gasteiger partial charge in [0.2, 0.25) is 0 Å². The maximum absolute atomic E-state index is 6.65. The molecule has 2 aliphatic carbocycles. The van der Waals surface area contributed by atoms with Gasteiger partial charge in [0.15, 0.2) is 0 Å². The van der Waals surface area contributed by atoms with Crippen LogP contribution in [-0.2, 0) is 18.3 Å². The Balaban J connectivity index is 1.13. The molecule has 0 saturated carbocycles. The van der Waals surface area contributed by atoms with Crippen molar-refractivity contribution in [3.05, 3.63) is 204 Å². The maximum Gasteiger partial charge on any atom is 0.137 e. The number of nitrogens with zero attached hydrogens (tertiary/aromatic N) is 2. The average Bonchev–Trinajstić information content (AvgIpc) is 3.93. The van der Waals surface area contributed by atoms with E-state index in [-0.39, 0.29) is 5.41 Å². The van der Waals surface area contributed by atoms with Crippen LogP contribution in [0.25, 0.3) is 32.7 Å². The van der Waals surface area contributed by atoms with Crippen LogP contribution in [0.2, 0.25) is 0 Å². The van der Waals surface area contributed by atoms with Gasteiger partial charge in [0, 0.05) is 45.0 Å². The van der Waals surface area contributed by atoms with E-state index in [1.807, 2.05) is 0 Å². The molecule has 0 radical (unpaired) electrons. The highest BCUT2D eigenvalue weighted by Crippen LogP contribution is 2.60. The van der Waals surface area contributed by atoms with Crippen LogP contribution in [0.15, 0.2) is 186 Å². The molecule has 0 aliphatic heterocycles. The van der Waals surface area contributed by atoms with E-state index < -0.39 is 0 Å². The van der Waals surface area contributed by atoms with Crippen molar-refractivity contribution in [3.63, 3.8) is 0 Å². The van der Waals surface area contributed by atoms with Gasteiger partial charge >= 0.3 is 0 Å². The summed E-state index contributed by atoms with van der Waals surface area (Å²) >= 11 is 0. The van der Waals surface area contributed by atoms with Crippen LogP contribution >= 0.6 is 0 Å². The van der Waals surface area contributed by atoms with Gasteiger partial charge in [-0.1, -0.05) is 109 Å². The second-order valence-electron chi connectivity index (χ2n) is 14.8. The average molecular weight is 695 g/mol. The van der Waals surface area contributed by atoms with Gasteiger partial charge in [-0.15, -0.1) is 0 Å². The Bertz CT molecular complexity index is 2800. The summed E-state index contributed by atoms with van der Waals surface area (Å²) in [5.41, 5.74) is 14.6. The molecule has 258 valence electrons. The molecule has 1 spiro atoms. The van der Waals surface area contributed by atoms with Crippen molar-refractivity contribution in [2.24, 2.45) is 0 Å². The first-order valence-corrected chi connectivity index (χ1v) is 19.1. The SMILES string of the molecule is c1ccc(N(c2ccccc2)c2cccc3c2[C@@]2(CC3)CCc3cccc(N(c4ccccc4)c4ccc5c(c4)oc4ccc6ccccc6c45)c32)cc1. The van der Waals surface area contributed by atoms with Crippen molar-refractivity contribution in [2.75, 3.05) is 9.80 Å². The number of hydrogen-bond acceptors (Lipinski definition) is 3. The summed E-state index contributed by atoms with van der Waals surface area (Å²) < 4.78 is 6.65. The minimum absolute atomic E-state index is 0.144. The van der Waals surface area contributed by atoms with Crippen LogP contribution in [0.1, 0.15) is 35.1 Å². The molecule has 0 amide bonds. The number of anilines is 6. The number of fused-ring (bicyclic) bond motifs is 9. The van der Waals surface area contributed by atoms with E-state index in [0.29, 0.717) is 0 Å². The Morgan fingerprint density at radius 1 is 0.407 bits per heavy atom. The molecule has 11 rings (SSSR count). The van der Waals surface area contributed by atoms with Crippen molar-refractivity contribution in [2.45, 2.75) is 31.1 Å². The molecule has 54 heavy (non-hydrogen) atoms. The van der Waals surface area contributed by atoms with Gasteiger partial charge in [-0.3, -0.25) is 0 Å². The van der Waals surface area contributed by atoms with Gasteiger partial charge in [-0.25, -0.2) is 0 Å². The van der Waals surface area contributed by atoms with E-state index in [1.54, 1.807) is 0 Å². The third-order valence-electron chi connectivity index (χ3n) is 12.0.